The molecule has 0 amide bonds. The van der Waals surface area contributed by atoms with E-state index in [4.69, 9.17) is 0 Å². The van der Waals surface area contributed by atoms with E-state index in [0.717, 1.165) is 56.9 Å². The first-order chi connectivity index (χ1) is 48.4. The summed E-state index contributed by atoms with van der Waals surface area (Å²) in [6, 6.07) is 100. The third-order valence-electron chi connectivity index (χ3n) is 19.1. The van der Waals surface area contributed by atoms with Gasteiger partial charge in [0.05, 0.1) is 3.39 Å². The smallest absolute Gasteiger partial charge is 0.0610 e. The number of halogens is 2. The van der Waals surface area contributed by atoms with Crippen LogP contribution in [0.15, 0.2) is 312 Å². The van der Waals surface area contributed by atoms with E-state index in [0.29, 0.717) is 0 Å². The van der Waals surface area contributed by atoms with Crippen molar-refractivity contribution in [3.8, 4) is 68.2 Å². The fraction of sp³-hybridized carbons (Fsp3) is 0.0417. The molecule has 98 heavy (non-hydrogen) atoms. The largest absolute Gasteiger partial charge is 0.0795 e. The Morgan fingerprint density at radius 2 is 0.724 bits per heavy atom. The van der Waals surface area contributed by atoms with Gasteiger partial charge in [-0.3, -0.25) is 0 Å². The average molecular weight is 1380 g/mol. The highest BCUT2D eigenvalue weighted by Crippen LogP contribution is 2.60. The highest BCUT2D eigenvalue weighted by Gasteiger charge is 2.38. The van der Waals surface area contributed by atoms with Crippen LogP contribution in [0.5, 0.6) is 0 Å². The highest BCUT2D eigenvalue weighted by molar-refractivity contribution is 9.28. The Morgan fingerprint density at radius 3 is 1.28 bits per heavy atom. The van der Waals surface area contributed by atoms with Crippen LogP contribution in [0.3, 0.4) is 0 Å². The van der Waals surface area contributed by atoms with Crippen LogP contribution in [0.4, 0.5) is 0 Å². The van der Waals surface area contributed by atoms with Crippen molar-refractivity contribution in [2.75, 3.05) is 0 Å². The van der Waals surface area contributed by atoms with Crippen LogP contribution >= 0.6 is 31.9 Å². The van der Waals surface area contributed by atoms with Crippen LogP contribution in [0.2, 0.25) is 0 Å². The summed E-state index contributed by atoms with van der Waals surface area (Å²) in [5.41, 5.74) is 39.0. The second kappa shape index (κ2) is 27.8. The maximum absolute atomic E-state index is 3.52. The molecule has 0 atom stereocenters. The monoisotopic (exact) mass is 1370 g/mol. The molecule has 2 heteroatoms. The number of hydrogen-bond acceptors (Lipinski definition) is 0. The number of benzene rings is 12. The lowest BCUT2D eigenvalue weighted by atomic mass is 9.85. The van der Waals surface area contributed by atoms with Crippen LogP contribution in [0.1, 0.15) is 100 Å². The van der Waals surface area contributed by atoms with E-state index in [-0.39, 0.29) is 0 Å². The average Bonchev–Trinajstić information content (AvgIpc) is 1.54. The van der Waals surface area contributed by atoms with Gasteiger partial charge in [-0.2, -0.15) is 0 Å². The Balaban J connectivity index is 0.000000128. The molecule has 6 aliphatic rings. The lowest BCUT2D eigenvalue weighted by Gasteiger charge is -2.18. The van der Waals surface area contributed by atoms with Crippen LogP contribution in [0.25, 0.3) is 103 Å². The van der Waals surface area contributed by atoms with Gasteiger partial charge in [0, 0.05) is 22.3 Å². The molecule has 0 heterocycles. The Kier molecular flexibility index (Phi) is 17.4. The first kappa shape index (κ1) is 61.5. The van der Waals surface area contributed by atoms with Gasteiger partial charge in [-0.25, -0.2) is 0 Å². The Bertz CT molecular complexity index is 5440. The molecule has 0 nitrogen and oxygen atoms in total. The predicted octanol–water partition coefficient (Wildman–Crippen LogP) is 24.8. The first-order valence-corrected chi connectivity index (χ1v) is 35.1. The minimum Gasteiger partial charge on any atom is -0.0795 e. The number of hydrogen-bond donors (Lipinski definition) is 0. The highest BCUT2D eigenvalue weighted by atomic mass is 79.9. The lowest BCUT2D eigenvalue weighted by molar-refractivity contribution is 1.29. The molecule has 0 spiro atoms. The normalized spacial score (nSPS) is 13.3. The van der Waals surface area contributed by atoms with Gasteiger partial charge in [-0.15, -0.1) is 0 Å². The molecular formula is C96H64Br2. The summed E-state index contributed by atoms with van der Waals surface area (Å²) in [6.45, 7) is 0. The van der Waals surface area contributed by atoms with Crippen molar-refractivity contribution in [3.05, 3.63) is 412 Å². The van der Waals surface area contributed by atoms with Crippen molar-refractivity contribution in [1.82, 2.24) is 0 Å². The SMILES string of the molecule is BrC(Br)=Cc1cc(-c2ccccc2)c(-c2ccccc2)cc1C#Cc1ccccc1.C(#Cc1ccc2c(c1)C=CC2)c1ccc2c(c1)C=CC2.C1=Cc2cc(C3=C(c4cccc5c4CC=C5)C4=Cc5cc(-c6ccccc6)c(-c6ccccc6)cc5C4=C3c3ccccc3)ccc2C1. The van der Waals surface area contributed by atoms with Crippen LogP contribution in [-0.2, 0) is 25.7 Å². The van der Waals surface area contributed by atoms with Gasteiger partial charge >= 0.3 is 0 Å². The summed E-state index contributed by atoms with van der Waals surface area (Å²) in [6.07, 6.45) is 26.6. The number of rotatable bonds is 8. The maximum Gasteiger partial charge on any atom is 0.0610 e. The molecule has 0 fully saturated rings. The molecule has 0 saturated heterocycles. The lowest BCUT2D eigenvalue weighted by Crippen LogP contribution is -1.97. The molecule has 6 aliphatic carbocycles. The van der Waals surface area contributed by atoms with Gasteiger partial charge in [0.2, 0.25) is 0 Å². The zero-order chi connectivity index (χ0) is 65.7. The Hall–Kier alpha value is -11.4. The molecule has 12 aromatic carbocycles. The van der Waals surface area contributed by atoms with Gasteiger partial charge in [0.1, 0.15) is 0 Å². The van der Waals surface area contributed by atoms with Crippen LogP contribution in [-0.4, -0.2) is 0 Å². The van der Waals surface area contributed by atoms with E-state index in [2.05, 4.69) is 353 Å². The van der Waals surface area contributed by atoms with Crippen molar-refractivity contribution < 1.29 is 0 Å². The van der Waals surface area contributed by atoms with Crippen molar-refractivity contribution in [1.29, 1.82) is 0 Å². The van der Waals surface area contributed by atoms with E-state index >= 15 is 0 Å². The fourth-order valence-electron chi connectivity index (χ4n) is 14.4. The molecule has 0 aromatic heterocycles. The third-order valence-corrected chi connectivity index (χ3v) is 19.6. The molecule has 0 N–H and O–H groups in total. The quantitative estimate of drug-likeness (QED) is 0.133. The predicted molar refractivity (Wildman–Crippen MR) is 424 cm³/mol. The van der Waals surface area contributed by atoms with E-state index in [1.165, 1.54) is 145 Å². The van der Waals surface area contributed by atoms with Gasteiger partial charge in [-0.05, 0) is 287 Å². The van der Waals surface area contributed by atoms with Crippen LogP contribution in [0, 0.1) is 23.7 Å². The minimum atomic E-state index is 0.879. The Labute approximate surface area is 592 Å². The summed E-state index contributed by atoms with van der Waals surface area (Å²) >= 11 is 7.03. The molecule has 0 unspecified atom stereocenters. The summed E-state index contributed by atoms with van der Waals surface area (Å²) in [4.78, 5) is 0. The summed E-state index contributed by atoms with van der Waals surface area (Å²) in [7, 11) is 0. The van der Waals surface area contributed by atoms with Crippen molar-refractivity contribution in [2.24, 2.45) is 0 Å². The maximum atomic E-state index is 3.52. The van der Waals surface area contributed by atoms with E-state index in [1.807, 2.05) is 42.5 Å². The standard InChI is InChI=1S/C48H32.C28H18Br2.C20H14/c1-4-13-33(14-5-1)41-28-38-29-44-47(40-24-12-21-32-20-11-23-39(32)40)46(37-26-25-31-19-10-22-36(31)27-37)45(35-17-8-3-9-18-35)48(44)43(38)30-42(41)34-15-6-2-7-16-34;29-28(30)20-25-19-27(23-14-8-3-9-15-23)26(22-12-6-2-7-13-22)18-24(25)17-16-21-10-4-1-5-11-21;1-3-17-11-9-15(13-19(17)5-1)7-8-16-10-12-18-4-2-6-20(18)14-16/h1-18,20-22,24-30H,19,23H2;1-15,18-20H;1-2,5-6,9-14H,3-4H2. The summed E-state index contributed by atoms with van der Waals surface area (Å²) in [5, 5.41) is 0. The van der Waals surface area contributed by atoms with E-state index in [1.54, 1.807) is 0 Å². The van der Waals surface area contributed by atoms with E-state index < -0.39 is 0 Å². The molecule has 12 aromatic rings. The third kappa shape index (κ3) is 12.7. The molecule has 0 aliphatic heterocycles. The van der Waals surface area contributed by atoms with Gasteiger partial charge in [0.15, 0.2) is 0 Å². The van der Waals surface area contributed by atoms with Gasteiger partial charge in [-0.1, -0.05) is 285 Å². The van der Waals surface area contributed by atoms with Crippen molar-refractivity contribution in [3.63, 3.8) is 0 Å². The second-order valence-electron chi connectivity index (χ2n) is 25.2. The topological polar surface area (TPSA) is 0 Å². The minimum absolute atomic E-state index is 0.879. The second-order valence-corrected chi connectivity index (χ2v) is 28.0. The number of fused-ring (bicyclic) bond motifs is 7. The first-order valence-electron chi connectivity index (χ1n) is 33.5. The summed E-state index contributed by atoms with van der Waals surface area (Å²) in [5.74, 6) is 13.2. The van der Waals surface area contributed by atoms with Gasteiger partial charge < -0.3 is 0 Å². The number of allylic oxidation sites excluding steroid dienone is 9. The zero-order valence-corrected chi connectivity index (χ0v) is 57.1. The fourth-order valence-corrected chi connectivity index (χ4v) is 14.9. The molecular weight excluding hydrogens is 1310 g/mol. The Morgan fingerprint density at radius 1 is 0.286 bits per heavy atom. The molecule has 462 valence electrons. The summed E-state index contributed by atoms with van der Waals surface area (Å²) < 4.78 is 0.879. The van der Waals surface area contributed by atoms with E-state index in [9.17, 15) is 0 Å². The van der Waals surface area contributed by atoms with Crippen molar-refractivity contribution in [2.45, 2.75) is 25.7 Å². The van der Waals surface area contributed by atoms with Gasteiger partial charge in [0.25, 0.3) is 0 Å². The zero-order valence-electron chi connectivity index (χ0n) is 53.9. The molecule has 0 saturated carbocycles. The molecule has 0 bridgehead atoms. The van der Waals surface area contributed by atoms with Crippen molar-refractivity contribution >= 4 is 90.6 Å². The van der Waals surface area contributed by atoms with Crippen LogP contribution < -0.4 is 0 Å². The molecule has 0 radical (unpaired) electrons. The molecule has 18 rings (SSSR count).